The summed E-state index contributed by atoms with van der Waals surface area (Å²) in [6.07, 6.45) is 3.26. The van der Waals surface area contributed by atoms with Crippen LogP contribution < -0.4 is 5.32 Å². The highest BCUT2D eigenvalue weighted by Crippen LogP contribution is 2.26. The van der Waals surface area contributed by atoms with Crippen LogP contribution in [0.3, 0.4) is 0 Å². The topological polar surface area (TPSA) is 72.8 Å². The second-order valence-electron chi connectivity index (χ2n) is 5.46. The molecule has 1 aromatic carbocycles. The van der Waals surface area contributed by atoms with Gasteiger partial charge in [0.2, 0.25) is 0 Å². The first-order valence-electron chi connectivity index (χ1n) is 7.05. The number of nitrogens with one attached hydrogen (secondary N) is 1. The monoisotopic (exact) mass is 278 g/mol. The fourth-order valence-electron chi connectivity index (χ4n) is 2.59. The Labute approximate surface area is 119 Å². The van der Waals surface area contributed by atoms with Crippen molar-refractivity contribution >= 4 is 5.91 Å². The Bertz CT molecular complexity index is 448. The van der Waals surface area contributed by atoms with Crippen molar-refractivity contribution in [2.24, 2.45) is 5.92 Å². The van der Waals surface area contributed by atoms with E-state index in [0.29, 0.717) is 12.5 Å². The molecule has 5 heteroatoms. The summed E-state index contributed by atoms with van der Waals surface area (Å²) in [6, 6.07) is 4.29. The normalized spacial score (nSPS) is 17.1. The van der Waals surface area contributed by atoms with Gasteiger partial charge in [-0.05, 0) is 57.5 Å². The Kier molecular flexibility index (Phi) is 4.84. The minimum Gasteiger partial charge on any atom is -0.507 e. The molecular formula is C15H22N2O3. The summed E-state index contributed by atoms with van der Waals surface area (Å²) in [5, 5.41) is 22.0. The van der Waals surface area contributed by atoms with Crippen LogP contribution in [0.1, 0.15) is 29.6 Å². The van der Waals surface area contributed by atoms with Gasteiger partial charge in [-0.3, -0.25) is 4.79 Å². The minimum atomic E-state index is -0.423. The molecule has 0 bridgehead atoms. The van der Waals surface area contributed by atoms with Crippen LogP contribution in [0.5, 0.6) is 11.5 Å². The molecule has 0 aliphatic carbocycles. The lowest BCUT2D eigenvalue weighted by molar-refractivity contribution is 0.0943. The first-order chi connectivity index (χ1) is 9.58. The number of phenolic OH excluding ortho intramolecular Hbond substituents is 2. The highest BCUT2D eigenvalue weighted by molar-refractivity contribution is 5.99. The van der Waals surface area contributed by atoms with E-state index in [-0.39, 0.29) is 17.1 Å². The molecular weight excluding hydrogens is 256 g/mol. The zero-order valence-corrected chi connectivity index (χ0v) is 11.8. The number of nitrogens with zero attached hydrogens (tertiary/aromatic N) is 1. The van der Waals surface area contributed by atoms with E-state index >= 15 is 0 Å². The molecule has 5 nitrogen and oxygen atoms in total. The van der Waals surface area contributed by atoms with Crippen molar-refractivity contribution in [2.45, 2.75) is 19.3 Å². The van der Waals surface area contributed by atoms with Gasteiger partial charge in [0.25, 0.3) is 5.91 Å². The highest BCUT2D eigenvalue weighted by Gasteiger charge is 2.18. The summed E-state index contributed by atoms with van der Waals surface area (Å²) in [5.41, 5.74) is -0.0455. The van der Waals surface area contributed by atoms with Crippen molar-refractivity contribution < 1.29 is 15.0 Å². The summed E-state index contributed by atoms with van der Waals surface area (Å²) in [7, 11) is 2.12. The van der Waals surface area contributed by atoms with Gasteiger partial charge >= 0.3 is 0 Å². The Morgan fingerprint density at radius 3 is 2.50 bits per heavy atom. The second kappa shape index (κ2) is 6.61. The second-order valence-corrected chi connectivity index (χ2v) is 5.46. The van der Waals surface area contributed by atoms with Crippen LogP contribution in [0.2, 0.25) is 0 Å². The summed E-state index contributed by atoms with van der Waals surface area (Å²) in [4.78, 5) is 14.3. The molecule has 0 atom stereocenters. The zero-order chi connectivity index (χ0) is 14.5. The number of piperidine rings is 1. The van der Waals surface area contributed by atoms with Crippen molar-refractivity contribution in [1.82, 2.24) is 10.2 Å². The van der Waals surface area contributed by atoms with Gasteiger partial charge in [0.05, 0.1) is 0 Å². The predicted octanol–water partition coefficient (Wildman–Crippen LogP) is 1.56. The maximum Gasteiger partial charge on any atom is 0.258 e. The molecule has 0 unspecified atom stereocenters. The highest BCUT2D eigenvalue weighted by atomic mass is 16.3. The smallest absolute Gasteiger partial charge is 0.258 e. The van der Waals surface area contributed by atoms with E-state index < -0.39 is 5.91 Å². The number of phenols is 2. The van der Waals surface area contributed by atoms with E-state index in [1.807, 2.05) is 0 Å². The van der Waals surface area contributed by atoms with Crippen LogP contribution in [0.15, 0.2) is 18.2 Å². The minimum absolute atomic E-state index is 0.0455. The number of hydrogen-bond donors (Lipinski definition) is 3. The largest absolute Gasteiger partial charge is 0.507 e. The molecule has 1 saturated heterocycles. The molecule has 20 heavy (non-hydrogen) atoms. The van der Waals surface area contributed by atoms with Crippen LogP contribution >= 0.6 is 0 Å². The number of carbonyl (C=O) groups excluding carboxylic acids is 1. The van der Waals surface area contributed by atoms with Gasteiger partial charge in [0.15, 0.2) is 0 Å². The lowest BCUT2D eigenvalue weighted by atomic mass is 9.94. The van der Waals surface area contributed by atoms with Crippen molar-refractivity contribution in [3.63, 3.8) is 0 Å². The molecule has 110 valence electrons. The maximum atomic E-state index is 11.9. The SMILES string of the molecule is CN1CCC(CCNC(=O)c2c(O)cccc2O)CC1. The average Bonchev–Trinajstić information content (AvgIpc) is 2.41. The Morgan fingerprint density at radius 2 is 1.90 bits per heavy atom. The van der Waals surface area contributed by atoms with E-state index in [1.165, 1.54) is 18.2 Å². The number of aromatic hydroxyl groups is 2. The van der Waals surface area contributed by atoms with E-state index in [4.69, 9.17) is 0 Å². The van der Waals surface area contributed by atoms with Gasteiger partial charge in [-0.15, -0.1) is 0 Å². The van der Waals surface area contributed by atoms with Crippen LogP contribution in [0.25, 0.3) is 0 Å². The first-order valence-corrected chi connectivity index (χ1v) is 7.05. The molecule has 1 heterocycles. The van der Waals surface area contributed by atoms with E-state index in [2.05, 4.69) is 17.3 Å². The molecule has 0 spiro atoms. The molecule has 0 saturated carbocycles. The molecule has 1 aliphatic rings. The molecule has 2 rings (SSSR count). The standard InChI is InChI=1S/C15H22N2O3/c1-17-9-6-11(7-10-17)5-8-16-15(20)14-12(18)3-2-4-13(14)19/h2-4,11,18-19H,5-10H2,1H3,(H,16,20). The van der Waals surface area contributed by atoms with E-state index in [1.54, 1.807) is 0 Å². The Morgan fingerprint density at radius 1 is 1.30 bits per heavy atom. The molecule has 1 amide bonds. The third kappa shape index (κ3) is 3.63. The quantitative estimate of drug-likeness (QED) is 0.781. The van der Waals surface area contributed by atoms with Gasteiger partial charge in [-0.2, -0.15) is 0 Å². The van der Waals surface area contributed by atoms with Crippen molar-refractivity contribution in [3.05, 3.63) is 23.8 Å². The number of carbonyl (C=O) groups is 1. The molecule has 0 radical (unpaired) electrons. The molecule has 1 aliphatic heterocycles. The summed E-state index contributed by atoms with van der Waals surface area (Å²) in [5.74, 6) is -0.165. The first kappa shape index (κ1) is 14.7. The van der Waals surface area contributed by atoms with E-state index in [0.717, 1.165) is 32.4 Å². The van der Waals surface area contributed by atoms with Crippen LogP contribution in [-0.2, 0) is 0 Å². The number of rotatable bonds is 4. The number of benzene rings is 1. The summed E-state index contributed by atoms with van der Waals surface area (Å²) < 4.78 is 0. The zero-order valence-electron chi connectivity index (χ0n) is 11.8. The van der Waals surface area contributed by atoms with Crippen molar-refractivity contribution in [1.29, 1.82) is 0 Å². The molecule has 3 N–H and O–H groups in total. The fourth-order valence-corrected chi connectivity index (χ4v) is 2.59. The molecule has 1 aromatic rings. The lowest BCUT2D eigenvalue weighted by Gasteiger charge is -2.28. The maximum absolute atomic E-state index is 11.9. The van der Waals surface area contributed by atoms with Gasteiger partial charge in [0, 0.05) is 6.54 Å². The number of likely N-dealkylation sites (tertiary alicyclic amines) is 1. The van der Waals surface area contributed by atoms with Crippen LogP contribution in [0, 0.1) is 5.92 Å². The number of hydrogen-bond acceptors (Lipinski definition) is 4. The Hall–Kier alpha value is -1.75. The number of amides is 1. The van der Waals surface area contributed by atoms with Gasteiger partial charge < -0.3 is 20.4 Å². The van der Waals surface area contributed by atoms with E-state index in [9.17, 15) is 15.0 Å². The average molecular weight is 278 g/mol. The van der Waals surface area contributed by atoms with Gasteiger partial charge in [0.1, 0.15) is 17.1 Å². The summed E-state index contributed by atoms with van der Waals surface area (Å²) in [6.45, 7) is 2.79. The van der Waals surface area contributed by atoms with Crippen LogP contribution in [-0.4, -0.2) is 47.7 Å². The van der Waals surface area contributed by atoms with Gasteiger partial charge in [-0.1, -0.05) is 6.07 Å². The molecule has 0 aromatic heterocycles. The predicted molar refractivity (Wildman–Crippen MR) is 76.9 cm³/mol. The van der Waals surface area contributed by atoms with Gasteiger partial charge in [-0.25, -0.2) is 0 Å². The fraction of sp³-hybridized carbons (Fsp3) is 0.533. The van der Waals surface area contributed by atoms with Crippen LogP contribution in [0.4, 0.5) is 0 Å². The van der Waals surface area contributed by atoms with Crippen molar-refractivity contribution in [3.8, 4) is 11.5 Å². The third-order valence-electron chi connectivity index (χ3n) is 3.92. The third-order valence-corrected chi connectivity index (χ3v) is 3.92. The lowest BCUT2D eigenvalue weighted by Crippen LogP contribution is -2.32. The molecule has 1 fully saturated rings. The Balaban J connectivity index is 1.81. The summed E-state index contributed by atoms with van der Waals surface area (Å²) >= 11 is 0. The van der Waals surface area contributed by atoms with Crippen molar-refractivity contribution in [2.75, 3.05) is 26.7 Å².